The Hall–Kier alpha value is -2.21. The second-order valence-electron chi connectivity index (χ2n) is 6.16. The summed E-state index contributed by atoms with van der Waals surface area (Å²) in [5.74, 6) is 6.71. The van der Waals surface area contributed by atoms with E-state index in [2.05, 4.69) is 12.2 Å². The van der Waals surface area contributed by atoms with Gasteiger partial charge in [-0.1, -0.05) is 26.2 Å². The van der Waals surface area contributed by atoms with Crippen LogP contribution in [-0.2, 0) is 11.2 Å². The van der Waals surface area contributed by atoms with Gasteiger partial charge in [0.1, 0.15) is 12.4 Å². The number of benzene rings is 1. The number of carbonyl (C=O) groups excluding carboxylic acids is 1. The first-order valence-corrected chi connectivity index (χ1v) is 8.61. The maximum Gasteiger partial charge on any atom is 0.224 e. The Bertz CT molecular complexity index is 586. The fourth-order valence-corrected chi connectivity index (χ4v) is 2.65. The van der Waals surface area contributed by atoms with Gasteiger partial charge in [0, 0.05) is 24.9 Å². The van der Waals surface area contributed by atoms with Gasteiger partial charge in [0.15, 0.2) is 0 Å². The van der Waals surface area contributed by atoms with Crippen molar-refractivity contribution in [1.29, 1.82) is 0 Å². The Labute approximate surface area is 143 Å². The van der Waals surface area contributed by atoms with Crippen molar-refractivity contribution >= 4 is 11.6 Å². The van der Waals surface area contributed by atoms with Crippen LogP contribution in [0, 0.1) is 0 Å². The van der Waals surface area contributed by atoms with Gasteiger partial charge in [-0.3, -0.25) is 4.79 Å². The van der Waals surface area contributed by atoms with E-state index in [0.717, 1.165) is 36.4 Å². The Morgan fingerprint density at radius 1 is 1.33 bits per heavy atom. The second-order valence-corrected chi connectivity index (χ2v) is 6.16. The van der Waals surface area contributed by atoms with Crippen LogP contribution in [0.2, 0.25) is 0 Å². The predicted octanol–water partition coefficient (Wildman–Crippen LogP) is 2.51. The van der Waals surface area contributed by atoms with Gasteiger partial charge in [-0.2, -0.15) is 0 Å². The number of nitrogens with one attached hydrogen (secondary N) is 1. The summed E-state index contributed by atoms with van der Waals surface area (Å²) >= 11 is 0. The molecule has 1 amide bonds. The average molecular weight is 332 g/mol. The van der Waals surface area contributed by atoms with Crippen molar-refractivity contribution in [3.05, 3.63) is 35.7 Å². The quantitative estimate of drug-likeness (QED) is 0.367. The van der Waals surface area contributed by atoms with Crippen molar-refractivity contribution in [2.75, 3.05) is 18.5 Å². The standard InChI is InChI=1S/C18H28N4O2/c1-2-3-4-5-10-22(20)12-15(19)13-24-16-7-8-17-14(11-16)6-9-18(23)21-17/h7-8,11-12H,2-6,9-10,13,19-20H2,1H3,(H,21,23)/b15-12-. The molecule has 132 valence electrons. The van der Waals surface area contributed by atoms with Gasteiger partial charge in [-0.25, -0.2) is 5.84 Å². The van der Waals surface area contributed by atoms with Crippen LogP contribution in [0.3, 0.4) is 0 Å². The summed E-state index contributed by atoms with van der Waals surface area (Å²) in [6.07, 6.45) is 7.66. The average Bonchev–Trinajstić information content (AvgIpc) is 2.57. The van der Waals surface area contributed by atoms with Crippen LogP contribution in [0.15, 0.2) is 30.1 Å². The molecule has 1 aromatic rings. The van der Waals surface area contributed by atoms with Crippen LogP contribution in [-0.4, -0.2) is 24.1 Å². The van der Waals surface area contributed by atoms with Crippen molar-refractivity contribution in [2.24, 2.45) is 11.6 Å². The first-order valence-electron chi connectivity index (χ1n) is 8.61. The van der Waals surface area contributed by atoms with Gasteiger partial charge in [-0.15, -0.1) is 0 Å². The first kappa shape index (κ1) is 18.1. The fourth-order valence-electron chi connectivity index (χ4n) is 2.65. The number of hydrogen-bond donors (Lipinski definition) is 3. The Kier molecular flexibility index (Phi) is 6.93. The fraction of sp³-hybridized carbons (Fsp3) is 0.500. The Morgan fingerprint density at radius 2 is 2.17 bits per heavy atom. The number of hydrazine groups is 1. The number of aryl methyl sites for hydroxylation is 1. The molecule has 6 heteroatoms. The lowest BCUT2D eigenvalue weighted by molar-refractivity contribution is -0.116. The Balaban J connectivity index is 1.80. The van der Waals surface area contributed by atoms with Crippen LogP contribution in [0.4, 0.5) is 5.69 Å². The number of rotatable bonds is 9. The second kappa shape index (κ2) is 9.17. The van der Waals surface area contributed by atoms with E-state index in [1.165, 1.54) is 19.3 Å². The molecule has 5 N–H and O–H groups in total. The van der Waals surface area contributed by atoms with E-state index in [9.17, 15) is 4.79 Å². The topological polar surface area (TPSA) is 93.6 Å². The molecule has 1 heterocycles. The molecule has 1 aliphatic rings. The number of ether oxygens (including phenoxy) is 1. The number of unbranched alkanes of at least 4 members (excludes halogenated alkanes) is 3. The molecule has 0 bridgehead atoms. The maximum atomic E-state index is 11.4. The molecular formula is C18H28N4O2. The third-order valence-corrected chi connectivity index (χ3v) is 3.98. The minimum Gasteiger partial charge on any atom is -0.487 e. The van der Waals surface area contributed by atoms with Crippen LogP contribution in [0.5, 0.6) is 5.75 Å². The molecule has 0 saturated heterocycles. The van der Waals surface area contributed by atoms with Crippen molar-refractivity contribution in [2.45, 2.75) is 45.4 Å². The summed E-state index contributed by atoms with van der Waals surface area (Å²) in [7, 11) is 0. The minimum absolute atomic E-state index is 0.0605. The Morgan fingerprint density at radius 3 is 2.96 bits per heavy atom. The SMILES string of the molecule is CCCCCCN(N)/C=C(\N)COc1ccc2c(c1)CCC(=O)N2. The summed E-state index contributed by atoms with van der Waals surface area (Å²) in [6, 6.07) is 5.65. The number of amides is 1. The van der Waals surface area contributed by atoms with Crippen LogP contribution >= 0.6 is 0 Å². The molecule has 0 aromatic heterocycles. The molecular weight excluding hydrogens is 304 g/mol. The van der Waals surface area contributed by atoms with E-state index in [4.69, 9.17) is 16.3 Å². The summed E-state index contributed by atoms with van der Waals surface area (Å²) in [5.41, 5.74) is 8.50. The predicted molar refractivity (Wildman–Crippen MR) is 96.2 cm³/mol. The number of nitrogens with two attached hydrogens (primary N) is 2. The third-order valence-electron chi connectivity index (χ3n) is 3.98. The first-order chi connectivity index (χ1) is 11.6. The van der Waals surface area contributed by atoms with Crippen LogP contribution in [0.1, 0.15) is 44.6 Å². The van der Waals surface area contributed by atoms with Crippen LogP contribution < -0.4 is 21.6 Å². The van der Waals surface area contributed by atoms with E-state index < -0.39 is 0 Å². The van der Waals surface area contributed by atoms with Gasteiger partial charge in [0.05, 0.1) is 5.70 Å². The zero-order chi connectivity index (χ0) is 17.4. The van der Waals surface area contributed by atoms with Gasteiger partial charge < -0.3 is 20.8 Å². The molecule has 6 nitrogen and oxygen atoms in total. The highest BCUT2D eigenvalue weighted by molar-refractivity contribution is 5.93. The number of fused-ring (bicyclic) bond motifs is 1. The maximum absolute atomic E-state index is 11.4. The lowest BCUT2D eigenvalue weighted by atomic mass is 10.0. The molecule has 0 aliphatic carbocycles. The summed E-state index contributed by atoms with van der Waals surface area (Å²) in [5, 5.41) is 4.47. The largest absolute Gasteiger partial charge is 0.487 e. The molecule has 0 radical (unpaired) electrons. The van der Waals surface area contributed by atoms with E-state index in [1.807, 2.05) is 18.2 Å². The van der Waals surface area contributed by atoms with Crippen molar-refractivity contribution < 1.29 is 9.53 Å². The minimum atomic E-state index is 0.0605. The summed E-state index contributed by atoms with van der Waals surface area (Å²) in [6.45, 7) is 3.26. The number of carbonyl (C=O) groups is 1. The summed E-state index contributed by atoms with van der Waals surface area (Å²) < 4.78 is 5.72. The van der Waals surface area contributed by atoms with E-state index in [-0.39, 0.29) is 12.5 Å². The van der Waals surface area contributed by atoms with Gasteiger partial charge in [0.25, 0.3) is 0 Å². The van der Waals surface area contributed by atoms with Crippen LogP contribution in [0.25, 0.3) is 0 Å². The molecule has 1 aromatic carbocycles. The normalized spacial score (nSPS) is 14.1. The number of anilines is 1. The molecule has 0 fully saturated rings. The summed E-state index contributed by atoms with van der Waals surface area (Å²) in [4.78, 5) is 11.4. The monoisotopic (exact) mass is 332 g/mol. The third kappa shape index (κ3) is 5.77. The highest BCUT2D eigenvalue weighted by Crippen LogP contribution is 2.26. The van der Waals surface area contributed by atoms with E-state index >= 15 is 0 Å². The number of hydrogen-bond acceptors (Lipinski definition) is 5. The lowest BCUT2D eigenvalue weighted by Gasteiger charge is -2.18. The lowest BCUT2D eigenvalue weighted by Crippen LogP contribution is -2.28. The van der Waals surface area contributed by atoms with Gasteiger partial charge in [0.2, 0.25) is 5.91 Å². The molecule has 0 atom stereocenters. The number of nitrogens with zero attached hydrogens (tertiary/aromatic N) is 1. The zero-order valence-corrected chi connectivity index (χ0v) is 14.4. The van der Waals surface area contributed by atoms with E-state index in [0.29, 0.717) is 12.1 Å². The van der Waals surface area contributed by atoms with E-state index in [1.54, 1.807) is 11.2 Å². The molecule has 0 unspecified atom stereocenters. The molecule has 0 spiro atoms. The van der Waals surface area contributed by atoms with Crippen molar-refractivity contribution in [3.63, 3.8) is 0 Å². The van der Waals surface area contributed by atoms with Crippen molar-refractivity contribution in [1.82, 2.24) is 5.01 Å². The van der Waals surface area contributed by atoms with Gasteiger partial charge in [-0.05, 0) is 36.6 Å². The highest BCUT2D eigenvalue weighted by Gasteiger charge is 2.15. The van der Waals surface area contributed by atoms with Crippen molar-refractivity contribution in [3.8, 4) is 5.75 Å². The highest BCUT2D eigenvalue weighted by atomic mass is 16.5. The smallest absolute Gasteiger partial charge is 0.224 e. The molecule has 0 saturated carbocycles. The molecule has 24 heavy (non-hydrogen) atoms. The molecule has 1 aliphatic heterocycles. The zero-order valence-electron chi connectivity index (χ0n) is 14.4. The molecule has 2 rings (SSSR count). The van der Waals surface area contributed by atoms with Gasteiger partial charge >= 0.3 is 0 Å².